The predicted molar refractivity (Wildman–Crippen MR) is 53.5 cm³/mol. The summed E-state index contributed by atoms with van der Waals surface area (Å²) >= 11 is 1.05. The standard InChI is InChI=1S/C7H11N5O2S/c1-8-5-3-14-2-4(5)6(13)9-7-10-11-12-15-7/h4-5,8H,2-3H2,1H3,(H,9,10,12,13). The average Bonchev–Trinajstić information content (AvgIpc) is 2.86. The fraction of sp³-hybridized carbons (Fsp3) is 0.714. The number of carbonyl (C=O) groups excluding carboxylic acids is 1. The molecule has 2 heterocycles. The molecule has 15 heavy (non-hydrogen) atoms. The zero-order chi connectivity index (χ0) is 10.7. The monoisotopic (exact) mass is 229 g/mol. The van der Waals surface area contributed by atoms with E-state index < -0.39 is 0 Å². The molecule has 1 amide bonds. The molecule has 1 aromatic heterocycles. The van der Waals surface area contributed by atoms with Gasteiger partial charge in [-0.2, -0.15) is 0 Å². The molecule has 0 aliphatic carbocycles. The number of carbonyl (C=O) groups is 1. The van der Waals surface area contributed by atoms with Gasteiger partial charge in [-0.25, -0.2) is 0 Å². The SMILES string of the molecule is CNC1COCC1C(=O)Nc1nnns1. The third-order valence-corrected chi connectivity index (χ3v) is 2.83. The molecular formula is C7H11N5O2S. The van der Waals surface area contributed by atoms with Crippen LogP contribution in [0.4, 0.5) is 5.13 Å². The first kappa shape index (κ1) is 10.4. The molecule has 0 aromatic carbocycles. The van der Waals surface area contributed by atoms with Gasteiger partial charge in [0, 0.05) is 17.6 Å². The number of nitrogens with one attached hydrogen (secondary N) is 2. The Morgan fingerprint density at radius 3 is 3.13 bits per heavy atom. The molecule has 0 spiro atoms. The number of likely N-dealkylation sites (N-methyl/N-ethyl adjacent to an activating group) is 1. The largest absolute Gasteiger partial charge is 0.379 e. The van der Waals surface area contributed by atoms with Crippen LogP contribution < -0.4 is 10.6 Å². The number of nitrogens with zero attached hydrogens (tertiary/aromatic N) is 3. The van der Waals surface area contributed by atoms with E-state index in [0.29, 0.717) is 18.3 Å². The highest BCUT2D eigenvalue weighted by Crippen LogP contribution is 2.16. The summed E-state index contributed by atoms with van der Waals surface area (Å²) in [6, 6.07) is 0.0610. The van der Waals surface area contributed by atoms with Gasteiger partial charge in [-0.05, 0) is 12.3 Å². The smallest absolute Gasteiger partial charge is 0.233 e. The van der Waals surface area contributed by atoms with Crippen molar-refractivity contribution in [2.45, 2.75) is 6.04 Å². The minimum Gasteiger partial charge on any atom is -0.379 e. The molecule has 0 bridgehead atoms. The van der Waals surface area contributed by atoms with E-state index in [1.807, 2.05) is 7.05 Å². The maximum atomic E-state index is 11.8. The van der Waals surface area contributed by atoms with Crippen LogP contribution in [0, 0.1) is 5.92 Å². The van der Waals surface area contributed by atoms with Crippen LogP contribution in [0.25, 0.3) is 0 Å². The van der Waals surface area contributed by atoms with Crippen LogP contribution in [-0.4, -0.2) is 47.0 Å². The number of hydrogen-bond acceptors (Lipinski definition) is 7. The molecule has 1 aliphatic heterocycles. The van der Waals surface area contributed by atoms with Gasteiger partial charge < -0.3 is 10.1 Å². The van der Waals surface area contributed by atoms with E-state index in [4.69, 9.17) is 4.74 Å². The van der Waals surface area contributed by atoms with E-state index >= 15 is 0 Å². The Morgan fingerprint density at radius 2 is 2.47 bits per heavy atom. The van der Waals surface area contributed by atoms with Crippen molar-refractivity contribution >= 4 is 22.6 Å². The van der Waals surface area contributed by atoms with Gasteiger partial charge in [0.05, 0.1) is 19.1 Å². The second kappa shape index (κ2) is 4.60. The molecule has 0 radical (unpaired) electrons. The number of hydrogen-bond donors (Lipinski definition) is 2. The first-order valence-corrected chi connectivity index (χ1v) is 5.29. The summed E-state index contributed by atoms with van der Waals surface area (Å²) < 4.78 is 8.79. The summed E-state index contributed by atoms with van der Waals surface area (Å²) in [5, 5.41) is 13.2. The third kappa shape index (κ3) is 2.28. The van der Waals surface area contributed by atoms with Gasteiger partial charge in [0.2, 0.25) is 11.0 Å². The maximum Gasteiger partial charge on any atom is 0.233 e. The van der Waals surface area contributed by atoms with Crippen molar-refractivity contribution in [3.63, 3.8) is 0 Å². The van der Waals surface area contributed by atoms with Crippen molar-refractivity contribution in [3.8, 4) is 0 Å². The Bertz CT molecular complexity index is 330. The molecular weight excluding hydrogens is 218 g/mol. The molecule has 2 atom stereocenters. The molecule has 7 nitrogen and oxygen atoms in total. The fourth-order valence-electron chi connectivity index (χ4n) is 1.48. The lowest BCUT2D eigenvalue weighted by molar-refractivity contribution is -0.120. The lowest BCUT2D eigenvalue weighted by Crippen LogP contribution is -2.39. The van der Waals surface area contributed by atoms with Gasteiger partial charge in [0.1, 0.15) is 0 Å². The Morgan fingerprint density at radius 1 is 1.60 bits per heavy atom. The summed E-state index contributed by atoms with van der Waals surface area (Å²) in [5.74, 6) is -0.288. The minimum atomic E-state index is -0.182. The Kier molecular flexibility index (Phi) is 3.19. The Balaban J connectivity index is 1.96. The highest BCUT2D eigenvalue weighted by atomic mass is 32.1. The first-order valence-electron chi connectivity index (χ1n) is 4.52. The van der Waals surface area contributed by atoms with Crippen LogP contribution in [0.15, 0.2) is 0 Å². The third-order valence-electron chi connectivity index (χ3n) is 2.32. The van der Waals surface area contributed by atoms with Crippen molar-refractivity contribution in [1.82, 2.24) is 20.1 Å². The number of ether oxygens (including phenoxy) is 1. The van der Waals surface area contributed by atoms with Crippen molar-refractivity contribution in [3.05, 3.63) is 0 Å². The van der Waals surface area contributed by atoms with Crippen molar-refractivity contribution in [2.75, 3.05) is 25.6 Å². The molecule has 1 aromatic rings. The quantitative estimate of drug-likeness (QED) is 0.698. The van der Waals surface area contributed by atoms with Crippen LogP contribution in [0.5, 0.6) is 0 Å². The molecule has 2 rings (SSSR count). The number of rotatable bonds is 3. The highest BCUT2D eigenvalue weighted by molar-refractivity contribution is 7.09. The summed E-state index contributed by atoms with van der Waals surface area (Å²) in [6.07, 6.45) is 0. The number of aromatic nitrogens is 3. The van der Waals surface area contributed by atoms with Gasteiger partial charge in [-0.15, -0.1) is 0 Å². The second-order valence-corrected chi connectivity index (χ2v) is 3.93. The highest BCUT2D eigenvalue weighted by Gasteiger charge is 2.33. The van der Waals surface area contributed by atoms with Crippen LogP contribution in [0.2, 0.25) is 0 Å². The Labute approximate surface area is 90.4 Å². The molecule has 82 valence electrons. The van der Waals surface area contributed by atoms with E-state index in [9.17, 15) is 4.79 Å². The molecule has 1 fully saturated rings. The van der Waals surface area contributed by atoms with E-state index in [2.05, 4.69) is 25.4 Å². The maximum absolute atomic E-state index is 11.8. The first-order chi connectivity index (χ1) is 7.31. The normalized spacial score (nSPS) is 25.4. The minimum absolute atomic E-state index is 0.0610. The van der Waals surface area contributed by atoms with Crippen LogP contribution >= 0.6 is 11.5 Å². The second-order valence-electron chi connectivity index (χ2n) is 3.20. The van der Waals surface area contributed by atoms with Crippen LogP contribution in [0.1, 0.15) is 0 Å². The van der Waals surface area contributed by atoms with Crippen molar-refractivity contribution in [2.24, 2.45) is 5.92 Å². The molecule has 0 saturated carbocycles. The summed E-state index contributed by atoms with van der Waals surface area (Å²) in [7, 11) is 1.81. The summed E-state index contributed by atoms with van der Waals surface area (Å²) in [5.41, 5.74) is 0. The van der Waals surface area contributed by atoms with Gasteiger partial charge in [-0.1, -0.05) is 9.59 Å². The molecule has 2 unspecified atom stereocenters. The predicted octanol–water partition coefficient (Wildman–Crippen LogP) is -0.894. The number of anilines is 1. The lowest BCUT2D eigenvalue weighted by Gasteiger charge is -2.14. The molecule has 1 aliphatic rings. The fourth-order valence-corrected chi connectivity index (χ4v) is 1.85. The van der Waals surface area contributed by atoms with E-state index in [1.165, 1.54) is 0 Å². The summed E-state index contributed by atoms with van der Waals surface area (Å²) in [6.45, 7) is 0.993. The number of amides is 1. The van der Waals surface area contributed by atoms with Crippen LogP contribution in [-0.2, 0) is 9.53 Å². The van der Waals surface area contributed by atoms with Crippen molar-refractivity contribution < 1.29 is 9.53 Å². The lowest BCUT2D eigenvalue weighted by atomic mass is 10.0. The van der Waals surface area contributed by atoms with Gasteiger partial charge in [0.25, 0.3) is 0 Å². The zero-order valence-electron chi connectivity index (χ0n) is 8.14. The molecule has 1 saturated heterocycles. The zero-order valence-corrected chi connectivity index (χ0v) is 8.95. The van der Waals surface area contributed by atoms with Crippen molar-refractivity contribution in [1.29, 1.82) is 0 Å². The summed E-state index contributed by atoms with van der Waals surface area (Å²) in [4.78, 5) is 11.8. The van der Waals surface area contributed by atoms with Gasteiger partial charge >= 0.3 is 0 Å². The van der Waals surface area contributed by atoms with Gasteiger partial charge in [-0.3, -0.25) is 10.1 Å². The van der Waals surface area contributed by atoms with Gasteiger partial charge in [0.15, 0.2) is 0 Å². The average molecular weight is 229 g/mol. The van der Waals surface area contributed by atoms with Crippen LogP contribution in [0.3, 0.4) is 0 Å². The molecule has 8 heteroatoms. The topological polar surface area (TPSA) is 89.0 Å². The molecule has 2 N–H and O–H groups in total. The van der Waals surface area contributed by atoms with E-state index in [-0.39, 0.29) is 17.9 Å². The van der Waals surface area contributed by atoms with E-state index in [0.717, 1.165) is 11.5 Å². The Hall–Kier alpha value is -1.12. The van der Waals surface area contributed by atoms with E-state index in [1.54, 1.807) is 0 Å².